The van der Waals surface area contributed by atoms with Gasteiger partial charge in [0, 0.05) is 25.2 Å². The number of phenolic OH excluding ortho intramolecular Hbond substituents is 1. The molecule has 0 bridgehead atoms. The van der Waals surface area contributed by atoms with E-state index in [1.807, 2.05) is 13.0 Å². The van der Waals surface area contributed by atoms with Crippen molar-refractivity contribution in [3.8, 4) is 5.75 Å². The van der Waals surface area contributed by atoms with E-state index in [-0.39, 0.29) is 0 Å². The summed E-state index contributed by atoms with van der Waals surface area (Å²) in [5.41, 5.74) is 3.18. The second-order valence-corrected chi connectivity index (χ2v) is 5.13. The minimum absolute atomic E-state index is 0.437. The summed E-state index contributed by atoms with van der Waals surface area (Å²) in [5.74, 6) is 0.437. The molecule has 1 aromatic rings. The van der Waals surface area contributed by atoms with Crippen LogP contribution in [-0.2, 0) is 6.54 Å². The Hall–Kier alpha value is -1.06. The highest BCUT2D eigenvalue weighted by molar-refractivity contribution is 5.42. The lowest BCUT2D eigenvalue weighted by Gasteiger charge is -2.20. The number of aryl methyl sites for hydroxylation is 2. The molecule has 3 nitrogen and oxygen atoms in total. The molecule has 0 unspecified atom stereocenters. The third-order valence-corrected chi connectivity index (χ3v) is 2.89. The summed E-state index contributed by atoms with van der Waals surface area (Å²) in [6.07, 6.45) is 0. The van der Waals surface area contributed by atoms with Crippen LogP contribution in [0.5, 0.6) is 5.75 Å². The molecule has 0 saturated heterocycles. The van der Waals surface area contributed by atoms with Gasteiger partial charge in [-0.2, -0.15) is 0 Å². The number of phenols is 1. The highest BCUT2D eigenvalue weighted by Crippen LogP contribution is 2.24. The second kappa shape index (κ2) is 6.03. The Bertz CT molecular complexity index is 375. The molecule has 0 atom stereocenters. The molecule has 3 heteroatoms. The van der Waals surface area contributed by atoms with Crippen molar-refractivity contribution in [1.29, 1.82) is 0 Å². The molecule has 0 spiro atoms. The summed E-state index contributed by atoms with van der Waals surface area (Å²) < 4.78 is 0. The summed E-state index contributed by atoms with van der Waals surface area (Å²) >= 11 is 0. The fourth-order valence-corrected chi connectivity index (χ4v) is 1.91. The molecule has 1 aromatic carbocycles. The van der Waals surface area contributed by atoms with Crippen LogP contribution in [0.1, 0.15) is 16.7 Å². The van der Waals surface area contributed by atoms with Gasteiger partial charge < -0.3 is 14.9 Å². The summed E-state index contributed by atoms with van der Waals surface area (Å²) in [6.45, 7) is 6.84. The van der Waals surface area contributed by atoms with Crippen molar-refractivity contribution in [3.05, 3.63) is 28.8 Å². The topological polar surface area (TPSA) is 26.7 Å². The van der Waals surface area contributed by atoms with Crippen molar-refractivity contribution in [2.75, 3.05) is 34.2 Å². The molecule has 0 saturated carbocycles. The Morgan fingerprint density at radius 3 is 2.29 bits per heavy atom. The molecular formula is C14H24N2O. The molecule has 17 heavy (non-hydrogen) atoms. The summed E-state index contributed by atoms with van der Waals surface area (Å²) in [6, 6.07) is 4.08. The smallest absolute Gasteiger partial charge is 0.122 e. The Balaban J connectivity index is 2.68. The van der Waals surface area contributed by atoms with E-state index in [2.05, 4.69) is 43.9 Å². The van der Waals surface area contributed by atoms with Gasteiger partial charge in [0.1, 0.15) is 5.75 Å². The number of rotatable bonds is 5. The van der Waals surface area contributed by atoms with Gasteiger partial charge in [0.2, 0.25) is 0 Å². The van der Waals surface area contributed by atoms with Gasteiger partial charge in [-0.1, -0.05) is 17.7 Å². The van der Waals surface area contributed by atoms with Crippen LogP contribution >= 0.6 is 0 Å². The van der Waals surface area contributed by atoms with Crippen LogP contribution in [0.2, 0.25) is 0 Å². The van der Waals surface area contributed by atoms with E-state index in [0.717, 1.165) is 30.8 Å². The molecule has 0 aliphatic rings. The van der Waals surface area contributed by atoms with Crippen LogP contribution in [0, 0.1) is 13.8 Å². The van der Waals surface area contributed by atoms with Crippen LogP contribution in [0.15, 0.2) is 12.1 Å². The quantitative estimate of drug-likeness (QED) is 0.847. The highest BCUT2D eigenvalue weighted by Gasteiger charge is 2.08. The van der Waals surface area contributed by atoms with Crippen LogP contribution in [-0.4, -0.2) is 49.1 Å². The number of hydrogen-bond acceptors (Lipinski definition) is 3. The number of aromatic hydroxyl groups is 1. The van der Waals surface area contributed by atoms with E-state index in [1.165, 1.54) is 5.56 Å². The highest BCUT2D eigenvalue weighted by atomic mass is 16.3. The third-order valence-electron chi connectivity index (χ3n) is 2.89. The molecule has 0 amide bonds. The number of nitrogens with zero attached hydrogens (tertiary/aromatic N) is 2. The van der Waals surface area contributed by atoms with Crippen molar-refractivity contribution in [3.63, 3.8) is 0 Å². The molecule has 96 valence electrons. The van der Waals surface area contributed by atoms with E-state index in [4.69, 9.17) is 0 Å². The van der Waals surface area contributed by atoms with Crippen LogP contribution in [0.25, 0.3) is 0 Å². The second-order valence-electron chi connectivity index (χ2n) is 5.13. The van der Waals surface area contributed by atoms with Crippen molar-refractivity contribution < 1.29 is 5.11 Å². The van der Waals surface area contributed by atoms with E-state index in [9.17, 15) is 5.11 Å². The maximum atomic E-state index is 10.0. The molecule has 0 aromatic heterocycles. The Labute approximate surface area is 105 Å². The van der Waals surface area contributed by atoms with Crippen LogP contribution in [0.3, 0.4) is 0 Å². The SMILES string of the molecule is Cc1cc(C)c(O)c(CN(C)CCN(C)C)c1. The maximum Gasteiger partial charge on any atom is 0.122 e. The van der Waals surface area contributed by atoms with Crippen molar-refractivity contribution in [2.24, 2.45) is 0 Å². The van der Waals surface area contributed by atoms with Crippen LogP contribution < -0.4 is 0 Å². The fourth-order valence-electron chi connectivity index (χ4n) is 1.91. The van der Waals surface area contributed by atoms with Gasteiger partial charge in [-0.15, -0.1) is 0 Å². The average Bonchev–Trinajstić information content (AvgIpc) is 2.22. The molecule has 1 N–H and O–H groups in total. The molecule has 0 aliphatic heterocycles. The van der Waals surface area contributed by atoms with Gasteiger partial charge in [0.05, 0.1) is 0 Å². The lowest BCUT2D eigenvalue weighted by atomic mass is 10.1. The summed E-state index contributed by atoms with van der Waals surface area (Å²) in [5, 5.41) is 10.0. The zero-order valence-corrected chi connectivity index (χ0v) is 11.6. The van der Waals surface area contributed by atoms with E-state index in [1.54, 1.807) is 0 Å². The number of likely N-dealkylation sites (N-methyl/N-ethyl adjacent to an activating group) is 2. The average molecular weight is 236 g/mol. The zero-order valence-electron chi connectivity index (χ0n) is 11.6. The molecule has 1 rings (SSSR count). The van der Waals surface area contributed by atoms with Crippen LogP contribution in [0.4, 0.5) is 0 Å². The van der Waals surface area contributed by atoms with E-state index in [0.29, 0.717) is 5.75 Å². The van der Waals surface area contributed by atoms with E-state index >= 15 is 0 Å². The van der Waals surface area contributed by atoms with Gasteiger partial charge in [-0.05, 0) is 40.6 Å². The first kappa shape index (κ1) is 14.0. The minimum Gasteiger partial charge on any atom is -0.507 e. The summed E-state index contributed by atoms with van der Waals surface area (Å²) in [7, 11) is 6.23. The maximum absolute atomic E-state index is 10.0. The number of hydrogen-bond donors (Lipinski definition) is 1. The first-order valence-corrected chi connectivity index (χ1v) is 6.02. The molecule has 0 aliphatic carbocycles. The Morgan fingerprint density at radius 2 is 1.71 bits per heavy atom. The predicted octanol–water partition coefficient (Wildman–Crippen LogP) is 2.00. The first-order valence-electron chi connectivity index (χ1n) is 6.02. The Kier molecular flexibility index (Phi) is 4.97. The lowest BCUT2D eigenvalue weighted by molar-refractivity contribution is 0.273. The minimum atomic E-state index is 0.437. The summed E-state index contributed by atoms with van der Waals surface area (Å²) in [4.78, 5) is 4.39. The lowest BCUT2D eigenvalue weighted by Crippen LogP contribution is -2.28. The van der Waals surface area contributed by atoms with Crippen molar-refractivity contribution in [1.82, 2.24) is 9.80 Å². The largest absolute Gasteiger partial charge is 0.507 e. The molecule has 0 radical (unpaired) electrons. The van der Waals surface area contributed by atoms with Gasteiger partial charge >= 0.3 is 0 Å². The van der Waals surface area contributed by atoms with Gasteiger partial charge in [-0.25, -0.2) is 0 Å². The third kappa shape index (κ3) is 4.36. The first-order chi connectivity index (χ1) is 7.90. The fraction of sp³-hybridized carbons (Fsp3) is 0.571. The molecular weight excluding hydrogens is 212 g/mol. The zero-order chi connectivity index (χ0) is 13.0. The van der Waals surface area contributed by atoms with Gasteiger partial charge in [0.25, 0.3) is 0 Å². The molecule has 0 fully saturated rings. The van der Waals surface area contributed by atoms with Crippen molar-refractivity contribution >= 4 is 0 Å². The number of benzene rings is 1. The van der Waals surface area contributed by atoms with E-state index < -0.39 is 0 Å². The Morgan fingerprint density at radius 1 is 1.06 bits per heavy atom. The normalized spacial score (nSPS) is 11.5. The monoisotopic (exact) mass is 236 g/mol. The van der Waals surface area contributed by atoms with Crippen molar-refractivity contribution in [2.45, 2.75) is 20.4 Å². The van der Waals surface area contributed by atoms with Gasteiger partial charge in [0.15, 0.2) is 0 Å². The van der Waals surface area contributed by atoms with Gasteiger partial charge in [-0.3, -0.25) is 0 Å². The standard InChI is InChI=1S/C14H24N2O/c1-11-8-12(2)14(17)13(9-11)10-16(5)7-6-15(3)4/h8-9,17H,6-7,10H2,1-5H3. The molecule has 0 heterocycles. The predicted molar refractivity (Wildman–Crippen MR) is 72.5 cm³/mol.